The Morgan fingerprint density at radius 1 is 1.38 bits per heavy atom. The molecule has 1 aromatic rings. The van der Waals surface area contributed by atoms with E-state index in [9.17, 15) is 9.18 Å². The molecule has 1 unspecified atom stereocenters. The van der Waals surface area contributed by atoms with Crippen molar-refractivity contribution < 1.29 is 13.9 Å². The Bertz CT molecular complexity index is 531. The summed E-state index contributed by atoms with van der Waals surface area (Å²) < 4.78 is 19.1. The lowest BCUT2D eigenvalue weighted by Crippen LogP contribution is -2.33. The first-order valence-corrected chi connectivity index (χ1v) is 7.50. The number of hydrogen-bond donors (Lipinski definition) is 1. The summed E-state index contributed by atoms with van der Waals surface area (Å²) in [6.45, 7) is 1.32. The molecular formula is C16H21FN2O2. The van der Waals surface area contributed by atoms with Crippen molar-refractivity contribution in [2.24, 2.45) is 0 Å². The van der Waals surface area contributed by atoms with E-state index in [1.165, 1.54) is 6.07 Å². The van der Waals surface area contributed by atoms with E-state index < -0.39 is 5.54 Å². The molecule has 114 valence electrons. The van der Waals surface area contributed by atoms with Crippen LogP contribution in [-0.2, 0) is 9.53 Å². The van der Waals surface area contributed by atoms with Crippen LogP contribution in [0.1, 0.15) is 37.4 Å². The summed E-state index contributed by atoms with van der Waals surface area (Å²) in [7, 11) is 1.67. The van der Waals surface area contributed by atoms with Crippen molar-refractivity contribution in [2.75, 3.05) is 20.3 Å². The van der Waals surface area contributed by atoms with Crippen molar-refractivity contribution in [1.82, 2.24) is 10.2 Å². The molecule has 5 heteroatoms. The molecule has 2 aliphatic rings. The fourth-order valence-corrected chi connectivity index (χ4v) is 2.98. The minimum atomic E-state index is -0.422. The van der Waals surface area contributed by atoms with Crippen LogP contribution in [0.2, 0.25) is 0 Å². The zero-order chi connectivity index (χ0) is 14.9. The topological polar surface area (TPSA) is 41.6 Å². The standard InChI is InChI=1S/C16H21FN2O2/c1-21-11-5-4-10-19-14(12-6-2-3-7-13(12)17)18-16(8-9-16)15(19)20/h2-3,6-7,14,18H,4-5,8-11H2,1H3. The second-order valence-electron chi connectivity index (χ2n) is 5.85. The fourth-order valence-electron chi connectivity index (χ4n) is 2.98. The van der Waals surface area contributed by atoms with Gasteiger partial charge in [-0.2, -0.15) is 0 Å². The second kappa shape index (κ2) is 5.73. The predicted molar refractivity (Wildman–Crippen MR) is 77.1 cm³/mol. The molecule has 0 aromatic heterocycles. The van der Waals surface area contributed by atoms with Crippen LogP contribution < -0.4 is 5.32 Å². The zero-order valence-electron chi connectivity index (χ0n) is 12.3. The van der Waals surface area contributed by atoms with E-state index in [-0.39, 0.29) is 17.9 Å². The number of rotatable bonds is 6. The van der Waals surface area contributed by atoms with Gasteiger partial charge in [-0.1, -0.05) is 18.2 Å². The molecule has 3 rings (SSSR count). The Balaban J connectivity index is 1.77. The number of amides is 1. The highest BCUT2D eigenvalue weighted by atomic mass is 19.1. The number of nitrogens with zero attached hydrogens (tertiary/aromatic N) is 1. The maximum Gasteiger partial charge on any atom is 0.244 e. The number of methoxy groups -OCH3 is 1. The SMILES string of the molecule is COCCCCN1C(=O)C2(CC2)NC1c1ccccc1F. The van der Waals surface area contributed by atoms with E-state index in [2.05, 4.69) is 5.32 Å². The number of nitrogens with one attached hydrogen (secondary N) is 1. The molecule has 21 heavy (non-hydrogen) atoms. The number of carbonyl (C=O) groups is 1. The van der Waals surface area contributed by atoms with E-state index in [0.29, 0.717) is 18.7 Å². The predicted octanol–water partition coefficient (Wildman–Crippen LogP) is 2.22. The Kier molecular flexibility index (Phi) is 3.95. The second-order valence-corrected chi connectivity index (χ2v) is 5.85. The molecule has 1 aliphatic heterocycles. The Morgan fingerprint density at radius 3 is 2.81 bits per heavy atom. The minimum Gasteiger partial charge on any atom is -0.385 e. The van der Waals surface area contributed by atoms with E-state index in [0.717, 1.165) is 25.7 Å². The molecule has 4 nitrogen and oxygen atoms in total. The van der Waals surface area contributed by atoms with Gasteiger partial charge >= 0.3 is 0 Å². The van der Waals surface area contributed by atoms with Crippen LogP contribution in [0, 0.1) is 5.82 Å². The van der Waals surface area contributed by atoms with Crippen LogP contribution in [0.5, 0.6) is 0 Å². The molecule has 1 amide bonds. The number of ether oxygens (including phenoxy) is 1. The average molecular weight is 292 g/mol. The minimum absolute atomic E-state index is 0.119. The van der Waals surface area contributed by atoms with Crippen LogP contribution in [0.15, 0.2) is 24.3 Å². The quantitative estimate of drug-likeness (QED) is 0.817. The van der Waals surface area contributed by atoms with E-state index >= 15 is 0 Å². The van der Waals surface area contributed by atoms with Crippen LogP contribution in [0.3, 0.4) is 0 Å². The summed E-state index contributed by atoms with van der Waals surface area (Å²) >= 11 is 0. The number of benzene rings is 1. The zero-order valence-corrected chi connectivity index (χ0v) is 12.3. The molecule has 1 saturated heterocycles. The van der Waals surface area contributed by atoms with Crippen LogP contribution in [0.25, 0.3) is 0 Å². The van der Waals surface area contributed by atoms with Gasteiger partial charge in [-0.25, -0.2) is 4.39 Å². The van der Waals surface area contributed by atoms with E-state index in [1.54, 1.807) is 24.1 Å². The Morgan fingerprint density at radius 2 is 2.14 bits per heavy atom. The largest absolute Gasteiger partial charge is 0.385 e. The molecule has 1 heterocycles. The molecular weight excluding hydrogens is 271 g/mol. The van der Waals surface area contributed by atoms with Crippen molar-refractivity contribution in [3.63, 3.8) is 0 Å². The van der Waals surface area contributed by atoms with Gasteiger partial charge < -0.3 is 9.64 Å². The lowest BCUT2D eigenvalue weighted by molar-refractivity contribution is -0.131. The number of halogens is 1. The van der Waals surface area contributed by atoms with Gasteiger partial charge in [0.25, 0.3) is 0 Å². The number of unbranched alkanes of at least 4 members (excludes halogenated alkanes) is 1. The maximum absolute atomic E-state index is 14.1. The first-order valence-electron chi connectivity index (χ1n) is 7.50. The summed E-state index contributed by atoms with van der Waals surface area (Å²) in [5, 5.41) is 3.34. The summed E-state index contributed by atoms with van der Waals surface area (Å²) in [5.41, 5.74) is 0.134. The van der Waals surface area contributed by atoms with Gasteiger partial charge in [0, 0.05) is 25.8 Å². The molecule has 2 fully saturated rings. The van der Waals surface area contributed by atoms with Crippen molar-refractivity contribution in [1.29, 1.82) is 0 Å². The molecule has 1 saturated carbocycles. The highest BCUT2D eigenvalue weighted by Gasteiger charge is 2.59. The van der Waals surface area contributed by atoms with Crippen LogP contribution >= 0.6 is 0 Å². The average Bonchev–Trinajstić information content (AvgIpc) is 3.21. The van der Waals surface area contributed by atoms with Gasteiger partial charge in [0.1, 0.15) is 17.5 Å². The van der Waals surface area contributed by atoms with Gasteiger partial charge in [-0.05, 0) is 31.7 Å². The smallest absolute Gasteiger partial charge is 0.244 e. The molecule has 0 bridgehead atoms. The van der Waals surface area contributed by atoms with Gasteiger partial charge in [0.2, 0.25) is 5.91 Å². The third-order valence-corrected chi connectivity index (χ3v) is 4.34. The normalized spacial score (nSPS) is 23.0. The molecule has 1 atom stereocenters. The number of carbonyl (C=O) groups excluding carboxylic acids is 1. The van der Waals surface area contributed by atoms with Gasteiger partial charge in [-0.15, -0.1) is 0 Å². The monoisotopic (exact) mass is 292 g/mol. The first kappa shape index (κ1) is 14.5. The lowest BCUT2D eigenvalue weighted by atomic mass is 10.1. The third kappa shape index (κ3) is 2.68. The van der Waals surface area contributed by atoms with E-state index in [1.807, 2.05) is 6.07 Å². The van der Waals surface area contributed by atoms with Crippen molar-refractivity contribution in [3.8, 4) is 0 Å². The molecule has 0 radical (unpaired) electrons. The van der Waals surface area contributed by atoms with Gasteiger partial charge in [0.05, 0.1) is 0 Å². The highest BCUT2D eigenvalue weighted by molar-refractivity contribution is 5.92. The molecule has 1 N–H and O–H groups in total. The summed E-state index contributed by atoms with van der Waals surface area (Å²) in [5.74, 6) is -0.143. The summed E-state index contributed by atoms with van der Waals surface area (Å²) in [4.78, 5) is 14.4. The van der Waals surface area contributed by atoms with E-state index in [4.69, 9.17) is 4.74 Å². The maximum atomic E-state index is 14.1. The van der Waals surface area contributed by atoms with Crippen molar-refractivity contribution in [3.05, 3.63) is 35.6 Å². The molecule has 1 aliphatic carbocycles. The van der Waals surface area contributed by atoms with Crippen molar-refractivity contribution >= 4 is 5.91 Å². The Hall–Kier alpha value is -1.46. The van der Waals surface area contributed by atoms with Gasteiger partial charge in [-0.3, -0.25) is 10.1 Å². The fraction of sp³-hybridized carbons (Fsp3) is 0.562. The first-order chi connectivity index (χ1) is 10.2. The summed E-state index contributed by atoms with van der Waals surface area (Å²) in [6, 6.07) is 6.68. The lowest BCUT2D eigenvalue weighted by Gasteiger charge is -2.24. The van der Waals surface area contributed by atoms with Crippen LogP contribution in [0.4, 0.5) is 4.39 Å². The van der Waals surface area contributed by atoms with Gasteiger partial charge in [0.15, 0.2) is 0 Å². The Labute approximate surface area is 124 Å². The molecule has 1 aromatic carbocycles. The van der Waals surface area contributed by atoms with Crippen LogP contribution in [-0.4, -0.2) is 36.6 Å². The number of hydrogen-bond acceptors (Lipinski definition) is 3. The summed E-state index contributed by atoms with van der Waals surface area (Å²) in [6.07, 6.45) is 3.12. The van der Waals surface area contributed by atoms with Crippen molar-refractivity contribution in [2.45, 2.75) is 37.4 Å². The third-order valence-electron chi connectivity index (χ3n) is 4.34. The molecule has 1 spiro atoms. The highest BCUT2D eigenvalue weighted by Crippen LogP contribution is 2.46.